The Morgan fingerprint density at radius 2 is 1.75 bits per heavy atom. The van der Waals surface area contributed by atoms with Crippen LogP contribution in [-0.2, 0) is 26.0 Å². The molecule has 13 heteroatoms. The summed E-state index contributed by atoms with van der Waals surface area (Å²) in [4.78, 5) is 39.4. The summed E-state index contributed by atoms with van der Waals surface area (Å²) in [6, 6.07) is 16.1. The van der Waals surface area contributed by atoms with Crippen LogP contribution >= 0.6 is 11.6 Å². The third-order valence-corrected chi connectivity index (χ3v) is 8.95. The fourth-order valence-corrected chi connectivity index (χ4v) is 6.32. The van der Waals surface area contributed by atoms with Gasteiger partial charge in [-0.05, 0) is 63.4 Å². The van der Waals surface area contributed by atoms with Crippen molar-refractivity contribution in [3.05, 3.63) is 93.0 Å². The highest BCUT2D eigenvalue weighted by Crippen LogP contribution is 2.36. The van der Waals surface area contributed by atoms with Crippen LogP contribution in [0, 0.1) is 17.0 Å². The van der Waals surface area contributed by atoms with Gasteiger partial charge in [0.2, 0.25) is 11.8 Å². The lowest BCUT2D eigenvalue weighted by atomic mass is 10.1. The van der Waals surface area contributed by atoms with Gasteiger partial charge in [0, 0.05) is 29.2 Å². The quantitative estimate of drug-likeness (QED) is 0.189. The maximum Gasteiger partial charge on any atom is 0.273 e. The number of anilines is 1. The Labute approximate surface area is 263 Å². The van der Waals surface area contributed by atoms with Gasteiger partial charge in [0.05, 0.1) is 22.6 Å². The van der Waals surface area contributed by atoms with Crippen molar-refractivity contribution >= 4 is 44.8 Å². The molecule has 0 aliphatic rings. The average molecular weight is 645 g/mol. The van der Waals surface area contributed by atoms with Crippen molar-refractivity contribution in [3.63, 3.8) is 0 Å². The first kappa shape index (κ1) is 34.3. The first-order chi connectivity index (χ1) is 20.8. The number of carbonyl (C=O) groups excluding carboxylic acids is 2. The number of hydrogen-bond acceptors (Lipinski definition) is 7. The van der Waals surface area contributed by atoms with Gasteiger partial charge in [-0.1, -0.05) is 54.9 Å². The molecule has 2 amide bonds. The Hall–Kier alpha value is -4.16. The highest BCUT2D eigenvalue weighted by Gasteiger charge is 2.35. The molecule has 3 aromatic carbocycles. The number of benzene rings is 3. The highest BCUT2D eigenvalue weighted by atomic mass is 35.5. The van der Waals surface area contributed by atoms with Gasteiger partial charge in [0.1, 0.15) is 18.3 Å². The molecule has 1 N–H and O–H groups in total. The van der Waals surface area contributed by atoms with E-state index in [9.17, 15) is 28.1 Å². The number of carbonyl (C=O) groups is 2. The van der Waals surface area contributed by atoms with Crippen molar-refractivity contribution in [2.75, 3.05) is 24.5 Å². The Bertz CT molecular complexity index is 1600. The fraction of sp³-hybridized carbons (Fsp3) is 0.355. The zero-order chi connectivity index (χ0) is 32.6. The van der Waals surface area contributed by atoms with E-state index in [0.29, 0.717) is 6.42 Å². The number of hydrogen-bond donors (Lipinski definition) is 1. The van der Waals surface area contributed by atoms with Gasteiger partial charge in [0.15, 0.2) is 0 Å². The molecular weight excluding hydrogens is 608 g/mol. The molecule has 0 saturated heterocycles. The molecule has 11 nitrogen and oxygen atoms in total. The molecule has 44 heavy (non-hydrogen) atoms. The van der Waals surface area contributed by atoms with Crippen molar-refractivity contribution in [1.82, 2.24) is 10.2 Å². The van der Waals surface area contributed by atoms with Crippen LogP contribution < -0.4 is 14.4 Å². The van der Waals surface area contributed by atoms with E-state index in [4.69, 9.17) is 16.3 Å². The third kappa shape index (κ3) is 8.26. The Morgan fingerprint density at radius 3 is 2.34 bits per heavy atom. The van der Waals surface area contributed by atoms with Gasteiger partial charge in [-0.15, -0.1) is 0 Å². The summed E-state index contributed by atoms with van der Waals surface area (Å²) in [6.07, 6.45) is 0.686. The number of halogens is 1. The van der Waals surface area contributed by atoms with Crippen molar-refractivity contribution < 1.29 is 27.7 Å². The first-order valence-corrected chi connectivity index (χ1v) is 15.9. The molecule has 3 rings (SSSR count). The normalized spacial score (nSPS) is 12.0. The summed E-state index contributed by atoms with van der Waals surface area (Å²) >= 11 is 6.27. The predicted molar refractivity (Wildman–Crippen MR) is 170 cm³/mol. The lowest BCUT2D eigenvalue weighted by Crippen LogP contribution is -2.54. The largest absolute Gasteiger partial charge is 0.495 e. The number of rotatable bonds is 14. The number of sulfonamides is 1. The molecule has 0 radical (unpaired) electrons. The van der Waals surface area contributed by atoms with Gasteiger partial charge in [-0.3, -0.25) is 24.0 Å². The van der Waals surface area contributed by atoms with Gasteiger partial charge in [0.25, 0.3) is 15.7 Å². The van der Waals surface area contributed by atoms with E-state index < -0.39 is 44.0 Å². The second kappa shape index (κ2) is 15.0. The summed E-state index contributed by atoms with van der Waals surface area (Å²) < 4.78 is 34.7. The maximum absolute atomic E-state index is 14.2. The molecule has 0 bridgehead atoms. The van der Waals surface area contributed by atoms with Gasteiger partial charge < -0.3 is 15.0 Å². The lowest BCUT2D eigenvalue weighted by Gasteiger charge is -2.34. The highest BCUT2D eigenvalue weighted by molar-refractivity contribution is 7.92. The Kier molecular flexibility index (Phi) is 11.7. The van der Waals surface area contributed by atoms with Crippen LogP contribution in [0.1, 0.15) is 38.3 Å². The second-order valence-electron chi connectivity index (χ2n) is 10.4. The molecule has 3 aromatic rings. The molecular formula is C31H37ClN4O7S. The van der Waals surface area contributed by atoms with Crippen LogP contribution in [0.5, 0.6) is 5.75 Å². The van der Waals surface area contributed by atoms with E-state index in [-0.39, 0.29) is 46.9 Å². The van der Waals surface area contributed by atoms with E-state index in [1.807, 2.05) is 30.3 Å². The smallest absolute Gasteiger partial charge is 0.273 e. The lowest BCUT2D eigenvalue weighted by molar-refractivity contribution is -0.385. The van der Waals surface area contributed by atoms with E-state index >= 15 is 0 Å². The molecule has 0 fully saturated rings. The first-order valence-electron chi connectivity index (χ1n) is 14.0. The number of ether oxygens (including phenoxy) is 1. The number of nitrogens with zero attached hydrogens (tertiary/aromatic N) is 3. The maximum atomic E-state index is 14.2. The van der Waals surface area contributed by atoms with Crippen LogP contribution in [0.4, 0.5) is 11.4 Å². The molecule has 0 heterocycles. The van der Waals surface area contributed by atoms with E-state index in [1.165, 1.54) is 49.3 Å². The van der Waals surface area contributed by atoms with Crippen molar-refractivity contribution in [2.24, 2.45) is 0 Å². The number of methoxy groups -OCH3 is 1. The van der Waals surface area contributed by atoms with Crippen LogP contribution in [0.2, 0.25) is 5.02 Å². The molecule has 0 aromatic heterocycles. The van der Waals surface area contributed by atoms with E-state index in [1.54, 1.807) is 20.8 Å². The molecule has 1 atom stereocenters. The van der Waals surface area contributed by atoms with Gasteiger partial charge in [-0.25, -0.2) is 8.42 Å². The van der Waals surface area contributed by atoms with E-state index in [0.717, 1.165) is 15.9 Å². The van der Waals surface area contributed by atoms with Crippen LogP contribution in [-0.4, -0.2) is 62.3 Å². The summed E-state index contributed by atoms with van der Waals surface area (Å²) in [5.41, 5.74) is 0.763. The molecule has 0 aliphatic heterocycles. The van der Waals surface area contributed by atoms with Crippen molar-refractivity contribution in [2.45, 2.75) is 57.5 Å². The average Bonchev–Trinajstić information content (AvgIpc) is 2.97. The second-order valence-corrected chi connectivity index (χ2v) is 12.7. The number of aryl methyl sites for hydroxylation is 1. The van der Waals surface area contributed by atoms with Gasteiger partial charge in [-0.2, -0.15) is 0 Å². The third-order valence-electron chi connectivity index (χ3n) is 6.95. The van der Waals surface area contributed by atoms with E-state index in [2.05, 4.69) is 5.32 Å². The minimum Gasteiger partial charge on any atom is -0.495 e. The summed E-state index contributed by atoms with van der Waals surface area (Å²) in [7, 11) is -3.26. The fourth-order valence-electron chi connectivity index (χ4n) is 4.72. The zero-order valence-corrected chi connectivity index (χ0v) is 26.9. The SMILES string of the molecule is CC[C@@H](C(=O)NC(C)C)N(CCc1ccccc1)C(=O)CN(c1cc(Cl)ccc1OC)S(=O)(=O)c1ccc(C)c([N+](=O)[O-])c1. The van der Waals surface area contributed by atoms with Crippen molar-refractivity contribution in [1.29, 1.82) is 0 Å². The summed E-state index contributed by atoms with van der Waals surface area (Å²) in [6.45, 7) is 6.27. The molecule has 0 saturated carbocycles. The van der Waals surface area contributed by atoms with Gasteiger partial charge >= 0.3 is 0 Å². The number of nitro benzene ring substituents is 1. The molecule has 0 aliphatic carbocycles. The minimum absolute atomic E-state index is 0.0423. The van der Waals surface area contributed by atoms with Crippen LogP contribution in [0.25, 0.3) is 0 Å². The topological polar surface area (TPSA) is 139 Å². The molecule has 236 valence electrons. The summed E-state index contributed by atoms with van der Waals surface area (Å²) in [5, 5.41) is 14.7. The van der Waals surface area contributed by atoms with Crippen LogP contribution in [0.3, 0.4) is 0 Å². The monoisotopic (exact) mass is 644 g/mol. The predicted octanol–water partition coefficient (Wildman–Crippen LogP) is 5.14. The number of nitrogens with one attached hydrogen (secondary N) is 1. The minimum atomic E-state index is -4.60. The Morgan fingerprint density at radius 1 is 1.07 bits per heavy atom. The molecule has 0 spiro atoms. The number of nitro groups is 1. The zero-order valence-electron chi connectivity index (χ0n) is 25.3. The summed E-state index contributed by atoms with van der Waals surface area (Å²) in [5.74, 6) is -0.917. The molecule has 0 unspecified atom stereocenters. The van der Waals surface area contributed by atoms with Crippen LogP contribution in [0.15, 0.2) is 71.6 Å². The standard InChI is InChI=1S/C31H37ClN4O7S/c1-6-26(31(38)33-21(2)3)34(17-16-23-10-8-7-9-11-23)30(37)20-35(28-18-24(32)13-15-29(28)43-5)44(41,42)25-14-12-22(4)27(19-25)36(39)40/h7-15,18-19,21,26H,6,16-17,20H2,1-5H3,(H,33,38)/t26-/m0/s1. The number of amides is 2. The Balaban J connectivity index is 2.14. The van der Waals surface area contributed by atoms with Crippen molar-refractivity contribution in [3.8, 4) is 5.75 Å².